The molecule has 0 fully saturated rings. The molecule has 0 atom stereocenters. The highest BCUT2D eigenvalue weighted by molar-refractivity contribution is 5.83. The highest BCUT2D eigenvalue weighted by Crippen LogP contribution is 2.23. The van der Waals surface area contributed by atoms with Gasteiger partial charge in [-0.05, 0) is 56.3 Å². The van der Waals surface area contributed by atoms with Gasteiger partial charge in [0.2, 0.25) is 0 Å². The van der Waals surface area contributed by atoms with Gasteiger partial charge in [0, 0.05) is 28.2 Å². The fourth-order valence-electron chi connectivity index (χ4n) is 4.28. The summed E-state index contributed by atoms with van der Waals surface area (Å²) in [5.74, 6) is -0.0837. The number of nitrogens with zero attached hydrogens (tertiary/aromatic N) is 4. The molecule has 0 saturated heterocycles. The summed E-state index contributed by atoms with van der Waals surface area (Å²) in [5.41, 5.74) is 4.82. The number of fused-ring (bicyclic) bond motifs is 1. The van der Waals surface area contributed by atoms with Crippen LogP contribution in [0.15, 0.2) is 94.8 Å². The van der Waals surface area contributed by atoms with Gasteiger partial charge in [-0.1, -0.05) is 42.5 Å². The van der Waals surface area contributed by atoms with Gasteiger partial charge in [-0.15, -0.1) is 0 Å². The number of aryl methyl sites for hydroxylation is 1. The molecule has 0 radical (unpaired) electrons. The number of para-hydroxylation sites is 1. The van der Waals surface area contributed by atoms with Crippen LogP contribution in [-0.4, -0.2) is 38.1 Å². The van der Waals surface area contributed by atoms with Gasteiger partial charge in [-0.2, -0.15) is 9.78 Å². The quantitative estimate of drug-likeness (QED) is 0.329. The number of carbonyl (C=O) groups is 1. The van der Waals surface area contributed by atoms with E-state index >= 15 is 0 Å². The summed E-state index contributed by atoms with van der Waals surface area (Å²) in [4.78, 5) is 28.9. The van der Waals surface area contributed by atoms with Crippen LogP contribution in [0.2, 0.25) is 0 Å². The normalized spacial score (nSPS) is 11.3. The van der Waals surface area contributed by atoms with E-state index in [1.54, 1.807) is 24.4 Å². The summed E-state index contributed by atoms with van der Waals surface area (Å²) in [7, 11) is 0. The lowest BCUT2D eigenvalue weighted by Crippen LogP contribution is -2.20. The first-order chi connectivity index (χ1) is 17.9. The molecule has 184 valence electrons. The van der Waals surface area contributed by atoms with Gasteiger partial charge in [0.1, 0.15) is 5.75 Å². The van der Waals surface area contributed by atoms with Crippen molar-refractivity contribution >= 4 is 23.1 Å². The van der Waals surface area contributed by atoms with Crippen LogP contribution in [0.1, 0.15) is 17.0 Å². The van der Waals surface area contributed by atoms with E-state index in [4.69, 9.17) is 14.8 Å². The summed E-state index contributed by atoms with van der Waals surface area (Å²) < 4.78 is 8.64. The molecule has 0 aliphatic heterocycles. The Labute approximate surface area is 212 Å². The van der Waals surface area contributed by atoms with Gasteiger partial charge in [0.15, 0.2) is 12.4 Å². The first kappa shape index (κ1) is 23.7. The monoisotopic (exact) mass is 492 g/mol. The van der Waals surface area contributed by atoms with E-state index in [1.807, 2.05) is 80.6 Å². The molecular formula is C29H24N4O4. The second-order valence-electron chi connectivity index (χ2n) is 8.52. The average molecular weight is 493 g/mol. The van der Waals surface area contributed by atoms with Gasteiger partial charge in [0.25, 0.3) is 5.56 Å². The highest BCUT2D eigenvalue weighted by Gasteiger charge is 2.14. The largest absolute Gasteiger partial charge is 0.482 e. The van der Waals surface area contributed by atoms with E-state index < -0.39 is 12.6 Å². The van der Waals surface area contributed by atoms with Crippen LogP contribution in [0.4, 0.5) is 0 Å². The minimum absolute atomic E-state index is 0.244. The zero-order valence-electron chi connectivity index (χ0n) is 20.3. The van der Waals surface area contributed by atoms with Crippen molar-refractivity contribution in [1.82, 2.24) is 14.2 Å². The first-order valence-electron chi connectivity index (χ1n) is 11.7. The van der Waals surface area contributed by atoms with Gasteiger partial charge in [-0.3, -0.25) is 4.79 Å². The molecule has 8 heteroatoms. The lowest BCUT2D eigenvalue weighted by atomic mass is 10.2. The summed E-state index contributed by atoms with van der Waals surface area (Å²) >= 11 is 0. The molecule has 5 aromatic rings. The zero-order chi connectivity index (χ0) is 25.9. The molecule has 37 heavy (non-hydrogen) atoms. The summed E-state index contributed by atoms with van der Waals surface area (Å²) in [5, 5.41) is 13.9. The van der Waals surface area contributed by atoms with E-state index in [-0.39, 0.29) is 5.56 Å². The Morgan fingerprint density at radius 1 is 1.00 bits per heavy atom. The summed E-state index contributed by atoms with van der Waals surface area (Å²) in [6.45, 7) is 3.57. The Kier molecular flexibility index (Phi) is 6.38. The minimum Gasteiger partial charge on any atom is -0.482 e. The molecule has 0 saturated carbocycles. The molecule has 0 spiro atoms. The summed E-state index contributed by atoms with van der Waals surface area (Å²) in [6, 6.07) is 25.9. The molecule has 0 amide bonds. The maximum absolute atomic E-state index is 13.4. The lowest BCUT2D eigenvalue weighted by molar-refractivity contribution is -0.139. The van der Waals surface area contributed by atoms with Crippen LogP contribution in [-0.2, 0) is 4.79 Å². The molecule has 5 rings (SSSR count). The van der Waals surface area contributed by atoms with Crippen molar-refractivity contribution in [3.63, 3.8) is 0 Å². The van der Waals surface area contributed by atoms with E-state index in [0.29, 0.717) is 22.5 Å². The number of aromatic nitrogens is 3. The third kappa shape index (κ3) is 4.77. The predicted molar refractivity (Wildman–Crippen MR) is 143 cm³/mol. The van der Waals surface area contributed by atoms with Crippen molar-refractivity contribution in [2.24, 2.45) is 5.10 Å². The second-order valence-corrected chi connectivity index (χ2v) is 8.52. The molecule has 0 aliphatic rings. The van der Waals surface area contributed by atoms with Gasteiger partial charge in [0.05, 0.1) is 17.1 Å². The van der Waals surface area contributed by atoms with E-state index in [2.05, 4.69) is 9.67 Å². The number of aliphatic carboxylic acids is 1. The van der Waals surface area contributed by atoms with Crippen LogP contribution >= 0.6 is 0 Å². The Bertz CT molecular complexity index is 1680. The first-order valence-corrected chi connectivity index (χ1v) is 11.7. The number of benzene rings is 3. The maximum atomic E-state index is 13.4. The van der Waals surface area contributed by atoms with E-state index in [0.717, 1.165) is 28.2 Å². The average Bonchev–Trinajstić information content (AvgIpc) is 3.20. The molecule has 1 N–H and O–H groups in total. The topological polar surface area (TPSA) is 98.7 Å². The SMILES string of the molecule is Cc1cc(C=Nn2c(-c3ccccc3)nc3ccccc3c2=O)c(C)n1-c1ccc(OCC(=O)O)cc1. The van der Waals surface area contributed by atoms with Crippen LogP contribution in [0.5, 0.6) is 5.75 Å². The maximum Gasteiger partial charge on any atom is 0.341 e. The molecule has 0 aliphatic carbocycles. The van der Waals surface area contributed by atoms with Crippen LogP contribution in [0.3, 0.4) is 0 Å². The predicted octanol–water partition coefficient (Wildman–Crippen LogP) is 4.82. The Morgan fingerprint density at radius 3 is 2.43 bits per heavy atom. The lowest BCUT2D eigenvalue weighted by Gasteiger charge is -2.11. The number of rotatable bonds is 7. The standard InChI is InChI=1S/C29H24N4O4/c1-19-16-22(20(2)32(19)23-12-14-24(15-13-23)37-18-27(34)35)17-30-33-28(21-8-4-3-5-9-21)31-26-11-7-6-10-25(26)29(33)36/h3-17H,18H2,1-2H3,(H,34,35). The number of carboxylic acids is 1. The molecule has 3 aromatic carbocycles. The smallest absolute Gasteiger partial charge is 0.341 e. The van der Waals surface area contributed by atoms with Crippen LogP contribution in [0.25, 0.3) is 28.0 Å². The van der Waals surface area contributed by atoms with Crippen molar-refractivity contribution in [1.29, 1.82) is 0 Å². The molecule has 2 aromatic heterocycles. The van der Waals surface area contributed by atoms with Gasteiger partial charge < -0.3 is 14.4 Å². The van der Waals surface area contributed by atoms with Crippen molar-refractivity contribution in [3.8, 4) is 22.8 Å². The summed E-state index contributed by atoms with van der Waals surface area (Å²) in [6.07, 6.45) is 1.67. The van der Waals surface area contributed by atoms with Crippen molar-refractivity contribution < 1.29 is 14.6 Å². The Balaban J connectivity index is 1.54. The Hall–Kier alpha value is -4.98. The number of ether oxygens (including phenoxy) is 1. The highest BCUT2D eigenvalue weighted by atomic mass is 16.5. The molecule has 0 unspecified atom stereocenters. The third-order valence-corrected chi connectivity index (χ3v) is 6.03. The molecular weight excluding hydrogens is 468 g/mol. The van der Waals surface area contributed by atoms with Gasteiger partial charge >= 0.3 is 5.97 Å². The number of hydrogen-bond donors (Lipinski definition) is 1. The molecule has 2 heterocycles. The second kappa shape index (κ2) is 9.94. The zero-order valence-corrected chi connectivity index (χ0v) is 20.3. The molecule has 0 bridgehead atoms. The van der Waals surface area contributed by atoms with Crippen molar-refractivity contribution in [2.75, 3.05) is 6.61 Å². The molecule has 8 nitrogen and oxygen atoms in total. The van der Waals surface area contributed by atoms with Crippen molar-refractivity contribution in [2.45, 2.75) is 13.8 Å². The fraction of sp³-hybridized carbons (Fsp3) is 0.103. The van der Waals surface area contributed by atoms with Gasteiger partial charge in [-0.25, -0.2) is 9.78 Å². The number of carboxylic acid groups (broad SMARTS) is 1. The minimum atomic E-state index is -1.03. The fourth-order valence-corrected chi connectivity index (χ4v) is 4.28. The van der Waals surface area contributed by atoms with E-state index in [1.165, 1.54) is 4.68 Å². The third-order valence-electron chi connectivity index (χ3n) is 6.03. The van der Waals surface area contributed by atoms with Crippen LogP contribution < -0.4 is 10.3 Å². The van der Waals surface area contributed by atoms with Crippen molar-refractivity contribution in [3.05, 3.63) is 112 Å². The van der Waals surface area contributed by atoms with Crippen LogP contribution in [0, 0.1) is 13.8 Å². The van der Waals surface area contributed by atoms with E-state index in [9.17, 15) is 9.59 Å². The number of hydrogen-bond acceptors (Lipinski definition) is 5. The Morgan fingerprint density at radius 2 is 1.70 bits per heavy atom.